The van der Waals surface area contributed by atoms with Crippen molar-refractivity contribution >= 4 is 22.7 Å². The van der Waals surface area contributed by atoms with E-state index in [4.69, 9.17) is 28.7 Å². The predicted molar refractivity (Wildman–Crippen MR) is 98.7 cm³/mol. The number of benzene rings is 1. The van der Waals surface area contributed by atoms with Gasteiger partial charge in [-0.1, -0.05) is 0 Å². The number of rotatable bonds is 2. The number of nitrogen functional groups attached to an aromatic ring is 4. The molecule has 2 aliphatic rings. The number of hydrogen-bond acceptors (Lipinski definition) is 5. The molecule has 0 aliphatic heterocycles. The third-order valence-corrected chi connectivity index (χ3v) is 6.21. The lowest BCUT2D eigenvalue weighted by atomic mass is 9.69. The van der Waals surface area contributed by atoms with Gasteiger partial charge in [0.15, 0.2) is 0 Å². The first kappa shape index (κ1) is 16.2. The summed E-state index contributed by atoms with van der Waals surface area (Å²) in [5.74, 6) is 2.18. The van der Waals surface area contributed by atoms with E-state index < -0.39 is 0 Å². The van der Waals surface area contributed by atoms with Crippen LogP contribution in [-0.2, 0) is 0 Å². The van der Waals surface area contributed by atoms with Crippen LogP contribution in [0, 0.1) is 11.8 Å². The van der Waals surface area contributed by atoms with Crippen LogP contribution in [0.25, 0.3) is 0 Å². The highest BCUT2D eigenvalue weighted by molar-refractivity contribution is 5.88. The average molecular weight is 317 g/mol. The molecule has 0 saturated heterocycles. The van der Waals surface area contributed by atoms with Crippen molar-refractivity contribution in [2.24, 2.45) is 17.6 Å². The fourth-order valence-electron chi connectivity index (χ4n) is 4.63. The van der Waals surface area contributed by atoms with E-state index in [2.05, 4.69) is 0 Å². The summed E-state index contributed by atoms with van der Waals surface area (Å²) in [4.78, 5) is 0. The van der Waals surface area contributed by atoms with Crippen LogP contribution in [-0.4, -0.2) is 6.04 Å². The maximum atomic E-state index is 6.20. The van der Waals surface area contributed by atoms with Gasteiger partial charge in [0.05, 0.1) is 22.7 Å². The Morgan fingerprint density at radius 1 is 0.652 bits per heavy atom. The molecule has 0 radical (unpaired) electrons. The van der Waals surface area contributed by atoms with Gasteiger partial charge in [-0.3, -0.25) is 0 Å². The number of anilines is 4. The quantitative estimate of drug-likeness (QED) is 0.535. The minimum Gasteiger partial charge on any atom is -0.397 e. The molecule has 5 nitrogen and oxygen atoms in total. The zero-order valence-corrected chi connectivity index (χ0v) is 13.9. The molecule has 10 N–H and O–H groups in total. The normalized spacial score (nSPS) is 31.9. The van der Waals surface area contributed by atoms with E-state index in [9.17, 15) is 0 Å². The molecule has 2 aliphatic carbocycles. The largest absolute Gasteiger partial charge is 0.397 e. The first-order valence-electron chi connectivity index (χ1n) is 8.95. The zero-order valence-electron chi connectivity index (χ0n) is 13.9. The Kier molecular flexibility index (Phi) is 4.57. The van der Waals surface area contributed by atoms with Crippen LogP contribution >= 0.6 is 0 Å². The highest BCUT2D eigenvalue weighted by Crippen LogP contribution is 2.46. The fourth-order valence-corrected chi connectivity index (χ4v) is 4.63. The van der Waals surface area contributed by atoms with Crippen LogP contribution in [0.4, 0.5) is 22.7 Å². The molecule has 0 atom stereocenters. The van der Waals surface area contributed by atoms with Gasteiger partial charge in [0.2, 0.25) is 0 Å². The molecule has 0 heterocycles. The average Bonchev–Trinajstić information content (AvgIpc) is 2.57. The van der Waals surface area contributed by atoms with Crippen molar-refractivity contribution in [3.05, 3.63) is 11.6 Å². The van der Waals surface area contributed by atoms with Gasteiger partial charge >= 0.3 is 0 Å². The lowest BCUT2D eigenvalue weighted by molar-refractivity contribution is 0.178. The molecule has 23 heavy (non-hydrogen) atoms. The summed E-state index contributed by atoms with van der Waals surface area (Å²) in [7, 11) is 0. The topological polar surface area (TPSA) is 130 Å². The first-order valence-corrected chi connectivity index (χ1v) is 8.95. The smallest absolute Gasteiger partial charge is 0.0805 e. The molecule has 0 spiro atoms. The van der Waals surface area contributed by atoms with Gasteiger partial charge in [0.1, 0.15) is 0 Å². The van der Waals surface area contributed by atoms with Gasteiger partial charge in [-0.2, -0.15) is 0 Å². The van der Waals surface area contributed by atoms with E-state index in [1.807, 2.05) is 6.07 Å². The molecule has 1 aromatic rings. The van der Waals surface area contributed by atoms with Gasteiger partial charge in [-0.05, 0) is 80.8 Å². The lowest BCUT2D eigenvalue weighted by Crippen LogP contribution is -2.31. The summed E-state index contributed by atoms with van der Waals surface area (Å²) in [5.41, 5.74) is 33.2. The minimum absolute atomic E-state index is 0.415. The van der Waals surface area contributed by atoms with Crippen LogP contribution in [0.1, 0.15) is 62.8 Å². The Bertz CT molecular complexity index is 555. The van der Waals surface area contributed by atoms with Gasteiger partial charge in [0.25, 0.3) is 0 Å². The molecule has 3 rings (SSSR count). The van der Waals surface area contributed by atoms with E-state index >= 15 is 0 Å². The summed E-state index contributed by atoms with van der Waals surface area (Å²) < 4.78 is 0. The SMILES string of the molecule is Nc1cc(C2CCC(C3CCC(N)CC3)CC2)c(N)c(N)c1N. The molecule has 0 aromatic heterocycles. The Morgan fingerprint density at radius 3 is 1.74 bits per heavy atom. The van der Waals surface area contributed by atoms with Crippen molar-refractivity contribution in [3.8, 4) is 0 Å². The number of nitrogens with two attached hydrogens (primary N) is 5. The van der Waals surface area contributed by atoms with E-state index in [1.54, 1.807) is 0 Å². The standard InChI is InChI=1S/C18H31N5/c19-13-7-5-11(6-8-13)10-1-3-12(4-2-10)14-9-15(20)17(22)18(23)16(14)21/h9-13H,1-8,19-23H2. The molecule has 0 unspecified atom stereocenters. The summed E-state index contributed by atoms with van der Waals surface area (Å²) in [5, 5.41) is 0. The Balaban J connectivity index is 1.65. The molecular weight excluding hydrogens is 286 g/mol. The molecular formula is C18H31N5. The molecule has 0 amide bonds. The molecule has 1 aromatic carbocycles. The second kappa shape index (κ2) is 6.48. The molecule has 2 saturated carbocycles. The van der Waals surface area contributed by atoms with Crippen molar-refractivity contribution in [1.82, 2.24) is 0 Å². The van der Waals surface area contributed by atoms with Crippen LogP contribution in [0.3, 0.4) is 0 Å². The van der Waals surface area contributed by atoms with Crippen LogP contribution in [0.15, 0.2) is 6.07 Å². The minimum atomic E-state index is 0.415. The second-order valence-corrected chi connectivity index (χ2v) is 7.58. The Labute approximate surface area is 138 Å². The zero-order chi connectivity index (χ0) is 16.6. The van der Waals surface area contributed by atoms with Crippen molar-refractivity contribution in [3.63, 3.8) is 0 Å². The molecule has 0 bridgehead atoms. The van der Waals surface area contributed by atoms with E-state index in [-0.39, 0.29) is 0 Å². The van der Waals surface area contributed by atoms with E-state index in [0.29, 0.717) is 34.7 Å². The lowest BCUT2D eigenvalue weighted by Gasteiger charge is -2.37. The van der Waals surface area contributed by atoms with Crippen LogP contribution in [0.2, 0.25) is 0 Å². The maximum Gasteiger partial charge on any atom is 0.0805 e. The molecule has 128 valence electrons. The van der Waals surface area contributed by atoms with E-state index in [0.717, 1.165) is 17.4 Å². The van der Waals surface area contributed by atoms with Crippen molar-refractivity contribution in [1.29, 1.82) is 0 Å². The summed E-state index contributed by atoms with van der Waals surface area (Å²) in [6.07, 6.45) is 9.88. The number of hydrogen-bond donors (Lipinski definition) is 5. The van der Waals surface area contributed by atoms with Gasteiger partial charge < -0.3 is 28.7 Å². The van der Waals surface area contributed by atoms with Gasteiger partial charge in [-0.25, -0.2) is 0 Å². The van der Waals surface area contributed by atoms with Gasteiger partial charge in [0, 0.05) is 6.04 Å². The highest BCUT2D eigenvalue weighted by atomic mass is 14.8. The predicted octanol–water partition coefficient (Wildman–Crippen LogP) is 2.81. The van der Waals surface area contributed by atoms with Crippen LogP contribution < -0.4 is 28.7 Å². The van der Waals surface area contributed by atoms with Crippen molar-refractivity contribution < 1.29 is 0 Å². The van der Waals surface area contributed by atoms with Crippen LogP contribution in [0.5, 0.6) is 0 Å². The third kappa shape index (κ3) is 3.20. The molecule has 2 fully saturated rings. The first-order chi connectivity index (χ1) is 11.0. The Morgan fingerprint density at radius 2 is 1.17 bits per heavy atom. The fraction of sp³-hybridized carbons (Fsp3) is 0.667. The highest BCUT2D eigenvalue weighted by Gasteiger charge is 2.31. The van der Waals surface area contributed by atoms with Crippen molar-refractivity contribution in [2.75, 3.05) is 22.9 Å². The van der Waals surface area contributed by atoms with Gasteiger partial charge in [-0.15, -0.1) is 0 Å². The molecule has 5 heteroatoms. The van der Waals surface area contributed by atoms with E-state index in [1.165, 1.54) is 51.4 Å². The maximum absolute atomic E-state index is 6.20. The monoisotopic (exact) mass is 317 g/mol. The summed E-state index contributed by atoms with van der Waals surface area (Å²) in [6, 6.07) is 2.37. The summed E-state index contributed by atoms with van der Waals surface area (Å²) >= 11 is 0. The second-order valence-electron chi connectivity index (χ2n) is 7.58. The van der Waals surface area contributed by atoms with Crippen molar-refractivity contribution in [2.45, 2.75) is 63.3 Å². The Hall–Kier alpha value is -1.62. The third-order valence-electron chi connectivity index (χ3n) is 6.21. The summed E-state index contributed by atoms with van der Waals surface area (Å²) in [6.45, 7) is 0.